The summed E-state index contributed by atoms with van der Waals surface area (Å²) in [4.78, 5) is 24.5. The Morgan fingerprint density at radius 1 is 1.12 bits per heavy atom. The molecule has 2 aromatic carbocycles. The summed E-state index contributed by atoms with van der Waals surface area (Å²) < 4.78 is 2.38. The largest absolute Gasteiger partial charge is 0.341 e. The van der Waals surface area contributed by atoms with Gasteiger partial charge in [0.15, 0.2) is 0 Å². The number of rotatable bonds is 5. The number of hydrogen-bond acceptors (Lipinski definition) is 2. The summed E-state index contributed by atoms with van der Waals surface area (Å²) in [6.45, 7) is 3.11. The van der Waals surface area contributed by atoms with Crippen LogP contribution in [-0.4, -0.2) is 16.4 Å². The third-order valence-electron chi connectivity index (χ3n) is 6.97. The highest BCUT2D eigenvalue weighted by molar-refractivity contribution is 6.04. The molecule has 170 valence electrons. The quantitative estimate of drug-likeness (QED) is 0.472. The van der Waals surface area contributed by atoms with Gasteiger partial charge in [-0.3, -0.25) is 9.59 Å². The van der Waals surface area contributed by atoms with Gasteiger partial charge in [-0.2, -0.15) is 0 Å². The Morgan fingerprint density at radius 2 is 1.97 bits per heavy atom. The van der Waals surface area contributed by atoms with Crippen LogP contribution in [0.2, 0.25) is 0 Å². The predicted molar refractivity (Wildman–Crippen MR) is 134 cm³/mol. The van der Waals surface area contributed by atoms with Crippen molar-refractivity contribution in [3.8, 4) is 0 Å². The second-order valence-corrected chi connectivity index (χ2v) is 9.45. The summed E-state index contributed by atoms with van der Waals surface area (Å²) in [5.41, 5.74) is 6.08. The molecular formula is C28H31N3O2. The number of carbonyl (C=O) groups excluding carboxylic acids is 2. The SMILES string of the molecule is Cc1ccc2c(c1)cc(/C=C/C(=O)Nc1cccc3c1CCC(=O)N3)n2CC1CCCCC1. The number of anilines is 2. The van der Waals surface area contributed by atoms with E-state index in [0.29, 0.717) is 18.8 Å². The van der Waals surface area contributed by atoms with Gasteiger partial charge in [0.05, 0.1) is 0 Å². The number of benzene rings is 2. The predicted octanol–water partition coefficient (Wildman–Crippen LogP) is 6.07. The Hall–Kier alpha value is -3.34. The molecule has 5 nitrogen and oxygen atoms in total. The van der Waals surface area contributed by atoms with E-state index < -0.39 is 0 Å². The molecule has 2 N–H and O–H groups in total. The Morgan fingerprint density at radius 3 is 2.82 bits per heavy atom. The summed E-state index contributed by atoms with van der Waals surface area (Å²) in [7, 11) is 0. The highest BCUT2D eigenvalue weighted by Crippen LogP contribution is 2.31. The van der Waals surface area contributed by atoms with Crippen molar-refractivity contribution >= 4 is 40.2 Å². The van der Waals surface area contributed by atoms with Gasteiger partial charge in [0.25, 0.3) is 0 Å². The minimum Gasteiger partial charge on any atom is -0.341 e. The van der Waals surface area contributed by atoms with Crippen molar-refractivity contribution in [3.63, 3.8) is 0 Å². The van der Waals surface area contributed by atoms with Crippen molar-refractivity contribution in [2.75, 3.05) is 10.6 Å². The van der Waals surface area contributed by atoms with Crippen LogP contribution in [0.3, 0.4) is 0 Å². The molecule has 2 heterocycles. The molecule has 0 bridgehead atoms. The molecule has 5 rings (SSSR count). The van der Waals surface area contributed by atoms with Crippen LogP contribution in [0.4, 0.5) is 11.4 Å². The first-order valence-electron chi connectivity index (χ1n) is 12.1. The van der Waals surface area contributed by atoms with Crippen LogP contribution in [-0.2, 0) is 22.6 Å². The molecule has 1 aliphatic heterocycles. The van der Waals surface area contributed by atoms with E-state index in [1.807, 2.05) is 24.3 Å². The van der Waals surface area contributed by atoms with Crippen LogP contribution in [0.15, 0.2) is 48.5 Å². The molecule has 0 unspecified atom stereocenters. The summed E-state index contributed by atoms with van der Waals surface area (Å²) in [6, 6.07) is 14.4. The number of fused-ring (bicyclic) bond motifs is 2. The van der Waals surface area contributed by atoms with Crippen LogP contribution in [0.25, 0.3) is 17.0 Å². The lowest BCUT2D eigenvalue weighted by atomic mass is 9.89. The number of nitrogens with one attached hydrogen (secondary N) is 2. The minimum atomic E-state index is -0.161. The van der Waals surface area contributed by atoms with Gasteiger partial charge in [0.1, 0.15) is 0 Å². The maximum atomic E-state index is 12.8. The average Bonchev–Trinajstić information content (AvgIpc) is 3.14. The zero-order chi connectivity index (χ0) is 22.8. The number of amides is 2. The molecule has 1 saturated carbocycles. The molecule has 33 heavy (non-hydrogen) atoms. The fourth-order valence-corrected chi connectivity index (χ4v) is 5.26. The maximum Gasteiger partial charge on any atom is 0.248 e. The first-order chi connectivity index (χ1) is 16.1. The normalized spacial score (nSPS) is 16.7. The molecule has 0 saturated heterocycles. The molecule has 0 radical (unpaired) electrons. The number of nitrogens with zero attached hydrogens (tertiary/aromatic N) is 1. The van der Waals surface area contributed by atoms with E-state index in [4.69, 9.17) is 0 Å². The zero-order valence-corrected chi connectivity index (χ0v) is 19.2. The smallest absolute Gasteiger partial charge is 0.248 e. The van der Waals surface area contributed by atoms with E-state index in [1.54, 1.807) is 6.08 Å². The van der Waals surface area contributed by atoms with E-state index in [2.05, 4.69) is 46.4 Å². The lowest BCUT2D eigenvalue weighted by Crippen LogP contribution is -2.21. The summed E-state index contributed by atoms with van der Waals surface area (Å²) in [5, 5.41) is 7.12. The maximum absolute atomic E-state index is 12.8. The van der Waals surface area contributed by atoms with Crippen LogP contribution in [0.1, 0.15) is 55.3 Å². The van der Waals surface area contributed by atoms with Crippen LogP contribution < -0.4 is 10.6 Å². The molecule has 0 spiro atoms. The van der Waals surface area contributed by atoms with Crippen LogP contribution in [0.5, 0.6) is 0 Å². The lowest BCUT2D eigenvalue weighted by molar-refractivity contribution is -0.116. The van der Waals surface area contributed by atoms with Gasteiger partial charge in [-0.25, -0.2) is 0 Å². The molecule has 2 amide bonds. The van der Waals surface area contributed by atoms with E-state index >= 15 is 0 Å². The molecular weight excluding hydrogens is 410 g/mol. The lowest BCUT2D eigenvalue weighted by Gasteiger charge is -2.23. The zero-order valence-electron chi connectivity index (χ0n) is 19.2. The summed E-state index contributed by atoms with van der Waals surface area (Å²) in [6.07, 6.45) is 11.2. The summed E-state index contributed by atoms with van der Waals surface area (Å²) >= 11 is 0. The van der Waals surface area contributed by atoms with Gasteiger partial charge in [0, 0.05) is 47.0 Å². The van der Waals surface area contributed by atoms with Crippen molar-refractivity contribution in [1.82, 2.24) is 4.57 Å². The molecule has 1 aliphatic carbocycles. The highest BCUT2D eigenvalue weighted by atomic mass is 16.2. The fourth-order valence-electron chi connectivity index (χ4n) is 5.26. The van der Waals surface area contributed by atoms with Crippen LogP contribution >= 0.6 is 0 Å². The Balaban J connectivity index is 1.38. The molecule has 1 aromatic heterocycles. The fraction of sp³-hybridized carbons (Fsp3) is 0.357. The summed E-state index contributed by atoms with van der Waals surface area (Å²) in [5.74, 6) is 0.556. The third kappa shape index (κ3) is 4.72. The average molecular weight is 442 g/mol. The topological polar surface area (TPSA) is 63.1 Å². The van der Waals surface area contributed by atoms with Crippen molar-refractivity contribution in [3.05, 3.63) is 65.4 Å². The highest BCUT2D eigenvalue weighted by Gasteiger charge is 2.19. The monoisotopic (exact) mass is 441 g/mol. The van der Waals surface area contributed by atoms with Crippen molar-refractivity contribution < 1.29 is 9.59 Å². The van der Waals surface area contributed by atoms with Crippen molar-refractivity contribution in [2.24, 2.45) is 5.92 Å². The Kier molecular flexibility index (Phi) is 6.03. The van der Waals surface area contributed by atoms with Gasteiger partial charge in [0.2, 0.25) is 11.8 Å². The molecule has 2 aliphatic rings. The van der Waals surface area contributed by atoms with E-state index in [-0.39, 0.29) is 11.8 Å². The van der Waals surface area contributed by atoms with E-state index in [9.17, 15) is 9.59 Å². The van der Waals surface area contributed by atoms with Gasteiger partial charge in [-0.05, 0) is 74.1 Å². The Labute approximate surface area is 194 Å². The number of aryl methyl sites for hydroxylation is 1. The first-order valence-corrected chi connectivity index (χ1v) is 12.1. The van der Waals surface area contributed by atoms with E-state index in [0.717, 1.165) is 29.2 Å². The van der Waals surface area contributed by atoms with E-state index in [1.165, 1.54) is 48.6 Å². The van der Waals surface area contributed by atoms with Crippen LogP contribution in [0, 0.1) is 12.8 Å². The van der Waals surface area contributed by atoms with Crippen molar-refractivity contribution in [1.29, 1.82) is 0 Å². The van der Waals surface area contributed by atoms with Crippen molar-refractivity contribution in [2.45, 2.75) is 58.4 Å². The Bertz CT molecular complexity index is 1230. The van der Waals surface area contributed by atoms with Gasteiger partial charge < -0.3 is 15.2 Å². The molecule has 1 fully saturated rings. The number of hydrogen-bond donors (Lipinski definition) is 2. The molecule has 5 heteroatoms. The second-order valence-electron chi connectivity index (χ2n) is 9.45. The van der Waals surface area contributed by atoms with Gasteiger partial charge in [-0.15, -0.1) is 0 Å². The second kappa shape index (κ2) is 9.26. The first kappa shape index (κ1) is 21.5. The standard InChI is InChI=1S/C28H31N3O2/c1-19-10-13-26-21(16-19)17-22(31(26)18-20-6-3-2-4-7-20)11-14-27(32)29-24-8-5-9-25-23(24)12-15-28(33)30-25/h5,8-11,13-14,16-17,20H,2-4,6-7,12,15,18H2,1H3,(H,29,32)(H,30,33)/b14-11+. The molecule has 0 atom stereocenters. The van der Waals surface area contributed by atoms with Gasteiger partial charge in [-0.1, -0.05) is 37.0 Å². The molecule has 3 aromatic rings. The number of carbonyl (C=O) groups is 2. The van der Waals surface area contributed by atoms with Gasteiger partial charge >= 0.3 is 0 Å². The number of aromatic nitrogens is 1. The third-order valence-corrected chi connectivity index (χ3v) is 6.97. The minimum absolute atomic E-state index is 0.0203.